The van der Waals surface area contributed by atoms with Crippen LogP contribution in [0, 0.1) is 6.92 Å². The maximum absolute atomic E-state index is 12.9. The van der Waals surface area contributed by atoms with Crippen molar-refractivity contribution in [2.45, 2.75) is 19.8 Å². The molecule has 0 amide bonds. The summed E-state index contributed by atoms with van der Waals surface area (Å²) in [5.41, 5.74) is 2.91. The molecule has 0 atom stereocenters. The molecule has 1 saturated heterocycles. The fraction of sp³-hybridized carbons (Fsp3) is 0.259. The van der Waals surface area contributed by atoms with Crippen molar-refractivity contribution in [3.8, 4) is 0 Å². The van der Waals surface area contributed by atoms with Crippen LogP contribution in [-0.4, -0.2) is 42.7 Å². The summed E-state index contributed by atoms with van der Waals surface area (Å²) >= 11 is 1.34. The van der Waals surface area contributed by atoms with Gasteiger partial charge in [0.05, 0.1) is 16.1 Å². The molecular formula is C27H26N5O2S. The van der Waals surface area contributed by atoms with E-state index in [1.165, 1.54) is 11.3 Å². The van der Waals surface area contributed by atoms with E-state index in [-0.39, 0.29) is 17.1 Å². The predicted octanol–water partition coefficient (Wildman–Crippen LogP) is 6.28. The molecule has 1 radical (unpaired) electrons. The van der Waals surface area contributed by atoms with E-state index < -0.39 is 0 Å². The minimum atomic E-state index is -0.238. The first kappa shape index (κ1) is 23.1. The lowest BCUT2D eigenvalue weighted by molar-refractivity contribution is 0.0990. The lowest BCUT2D eigenvalue weighted by atomic mass is 10.1. The molecule has 0 N–H and O–H groups in total. The van der Waals surface area contributed by atoms with Gasteiger partial charge in [-0.2, -0.15) is 4.98 Å². The Labute approximate surface area is 208 Å². The highest BCUT2D eigenvalue weighted by molar-refractivity contribution is 7.16. The first-order valence-corrected chi connectivity index (χ1v) is 12.6. The third-order valence-corrected chi connectivity index (χ3v) is 7.20. The van der Waals surface area contributed by atoms with E-state index in [0.29, 0.717) is 22.8 Å². The highest BCUT2D eigenvalue weighted by Crippen LogP contribution is 2.38. The summed E-state index contributed by atoms with van der Waals surface area (Å²) in [6, 6.07) is 14.8. The minimum Gasteiger partial charge on any atom is -0.372 e. The number of carbonyl (C=O) groups is 2. The topological polar surface area (TPSA) is 78.2 Å². The Morgan fingerprint density at radius 2 is 1.69 bits per heavy atom. The van der Waals surface area contributed by atoms with Gasteiger partial charge in [0.25, 0.3) is 0 Å². The fourth-order valence-corrected chi connectivity index (χ4v) is 5.29. The second-order valence-corrected chi connectivity index (χ2v) is 9.45. The van der Waals surface area contributed by atoms with Crippen molar-refractivity contribution in [2.24, 2.45) is 10.2 Å². The van der Waals surface area contributed by atoms with Crippen LogP contribution in [0.15, 0.2) is 64.3 Å². The number of anilines is 2. The van der Waals surface area contributed by atoms with E-state index >= 15 is 0 Å². The summed E-state index contributed by atoms with van der Waals surface area (Å²) in [7, 11) is 0. The number of thiazole rings is 1. The summed E-state index contributed by atoms with van der Waals surface area (Å²) in [6.45, 7) is 9.42. The Balaban J connectivity index is 1.45. The Kier molecular flexibility index (Phi) is 6.55. The number of allylic oxidation sites excluding steroid dienone is 1. The third-order valence-electron chi connectivity index (χ3n) is 6.33. The molecule has 8 heteroatoms. The molecule has 2 aliphatic rings. The molecule has 177 valence electrons. The maximum Gasteiger partial charge on any atom is 0.232 e. The SMILES string of the molecule is [CH2]CN(CC)c1ccc(/N=N/c2nc(N3CCCC3)c(C=C3C(=O)c4ccccc4C3=O)s2)cc1. The van der Waals surface area contributed by atoms with Crippen LogP contribution in [-0.2, 0) is 0 Å². The molecule has 1 aliphatic heterocycles. The van der Waals surface area contributed by atoms with Gasteiger partial charge in [-0.15, -0.1) is 10.2 Å². The molecule has 5 rings (SSSR count). The van der Waals surface area contributed by atoms with Crippen molar-refractivity contribution in [1.82, 2.24) is 4.98 Å². The number of ketones is 2. The number of nitrogens with zero attached hydrogens (tertiary/aromatic N) is 5. The van der Waals surface area contributed by atoms with Gasteiger partial charge in [-0.3, -0.25) is 9.59 Å². The van der Waals surface area contributed by atoms with Gasteiger partial charge < -0.3 is 9.80 Å². The largest absolute Gasteiger partial charge is 0.372 e. The molecule has 7 nitrogen and oxygen atoms in total. The van der Waals surface area contributed by atoms with Crippen molar-refractivity contribution in [3.05, 3.63) is 77.0 Å². The summed E-state index contributed by atoms with van der Waals surface area (Å²) in [4.78, 5) is 35.7. The zero-order valence-corrected chi connectivity index (χ0v) is 20.4. The lowest BCUT2D eigenvalue weighted by Crippen LogP contribution is -2.21. The zero-order valence-electron chi connectivity index (χ0n) is 19.6. The summed E-state index contributed by atoms with van der Waals surface area (Å²) < 4.78 is 0. The number of benzene rings is 2. The van der Waals surface area contributed by atoms with E-state index in [2.05, 4.69) is 33.9 Å². The summed E-state index contributed by atoms with van der Waals surface area (Å²) in [5.74, 6) is 0.283. The van der Waals surface area contributed by atoms with Gasteiger partial charge >= 0.3 is 0 Å². The van der Waals surface area contributed by atoms with Crippen LogP contribution in [0.2, 0.25) is 0 Å². The van der Waals surface area contributed by atoms with Crippen LogP contribution in [0.25, 0.3) is 6.08 Å². The number of fused-ring (bicyclic) bond motifs is 1. The maximum atomic E-state index is 12.9. The van der Waals surface area contributed by atoms with E-state index in [1.54, 1.807) is 30.3 Å². The van der Waals surface area contributed by atoms with E-state index in [1.807, 2.05) is 24.3 Å². The molecule has 0 spiro atoms. The molecule has 1 aromatic heterocycles. The lowest BCUT2D eigenvalue weighted by Gasteiger charge is -2.20. The van der Waals surface area contributed by atoms with Crippen LogP contribution < -0.4 is 9.80 Å². The quantitative estimate of drug-likeness (QED) is 0.224. The molecule has 35 heavy (non-hydrogen) atoms. The average molecular weight is 485 g/mol. The van der Waals surface area contributed by atoms with Crippen LogP contribution in [0.3, 0.4) is 0 Å². The molecule has 1 fully saturated rings. The molecule has 1 aliphatic carbocycles. The van der Waals surface area contributed by atoms with Crippen molar-refractivity contribution >= 4 is 51.3 Å². The molecule has 3 aromatic rings. The standard InChI is InChI=1S/C27H26N5O2S/c1-3-31(4-2)19-13-11-18(12-14-19)29-30-27-28-26(32-15-7-8-16-32)23(35-27)17-22-24(33)20-9-5-6-10-21(20)25(22)34/h5-6,9-14,17H,1,3-4,7-8,15-16H2,2H3/b30-29+. The number of aromatic nitrogens is 1. The number of Topliss-reactive ketones (excluding diaryl/α,β-unsaturated/α-hetero) is 2. The van der Waals surface area contributed by atoms with Crippen LogP contribution in [0.1, 0.15) is 45.4 Å². The Morgan fingerprint density at radius 1 is 1.03 bits per heavy atom. The first-order chi connectivity index (χ1) is 17.1. The van der Waals surface area contributed by atoms with E-state index in [9.17, 15) is 9.59 Å². The smallest absolute Gasteiger partial charge is 0.232 e. The number of rotatable bonds is 7. The van der Waals surface area contributed by atoms with Crippen molar-refractivity contribution < 1.29 is 9.59 Å². The van der Waals surface area contributed by atoms with Gasteiger partial charge in [0.15, 0.2) is 11.6 Å². The number of hydrogen-bond donors (Lipinski definition) is 0. The Hall–Kier alpha value is -3.65. The second kappa shape index (κ2) is 9.92. The number of hydrogen-bond acceptors (Lipinski definition) is 8. The molecule has 0 saturated carbocycles. The van der Waals surface area contributed by atoms with Gasteiger partial charge in [0.2, 0.25) is 5.13 Å². The predicted molar refractivity (Wildman–Crippen MR) is 141 cm³/mol. The van der Waals surface area contributed by atoms with Crippen molar-refractivity contribution in [2.75, 3.05) is 36.0 Å². The third kappa shape index (κ3) is 4.53. The number of azo groups is 1. The van der Waals surface area contributed by atoms with Gasteiger partial charge in [0, 0.05) is 43.0 Å². The van der Waals surface area contributed by atoms with Crippen LogP contribution in [0.4, 0.5) is 22.3 Å². The van der Waals surface area contributed by atoms with Gasteiger partial charge in [0.1, 0.15) is 5.82 Å². The average Bonchev–Trinajstić information content (AvgIpc) is 3.61. The van der Waals surface area contributed by atoms with E-state index in [0.717, 1.165) is 54.5 Å². The van der Waals surface area contributed by atoms with Gasteiger partial charge in [-0.1, -0.05) is 35.6 Å². The molecule has 0 unspecified atom stereocenters. The summed E-state index contributed by atoms with van der Waals surface area (Å²) in [5, 5.41) is 9.24. The zero-order chi connectivity index (χ0) is 24.4. The Morgan fingerprint density at radius 3 is 2.29 bits per heavy atom. The molecule has 0 bridgehead atoms. The molecule has 2 heterocycles. The molecule has 2 aromatic carbocycles. The van der Waals surface area contributed by atoms with Crippen molar-refractivity contribution in [3.63, 3.8) is 0 Å². The highest BCUT2D eigenvalue weighted by atomic mass is 32.1. The highest BCUT2D eigenvalue weighted by Gasteiger charge is 2.33. The minimum absolute atomic E-state index is 0.181. The second-order valence-electron chi connectivity index (χ2n) is 8.44. The normalized spacial score (nSPS) is 15.4. The van der Waals surface area contributed by atoms with E-state index in [4.69, 9.17) is 4.98 Å². The summed E-state index contributed by atoms with van der Waals surface area (Å²) in [6.07, 6.45) is 3.85. The van der Waals surface area contributed by atoms with Crippen LogP contribution in [0.5, 0.6) is 0 Å². The monoisotopic (exact) mass is 484 g/mol. The Bertz CT molecular complexity index is 1280. The fourth-order valence-electron chi connectivity index (χ4n) is 4.44. The van der Waals surface area contributed by atoms with Crippen molar-refractivity contribution in [1.29, 1.82) is 0 Å². The molecular weight excluding hydrogens is 458 g/mol. The first-order valence-electron chi connectivity index (χ1n) is 11.8. The van der Waals surface area contributed by atoms with Crippen LogP contribution >= 0.6 is 11.3 Å². The van der Waals surface area contributed by atoms with Gasteiger partial charge in [-0.05, 0) is 57.0 Å². The number of carbonyl (C=O) groups excluding carboxylic acids is 2. The van der Waals surface area contributed by atoms with Gasteiger partial charge in [-0.25, -0.2) is 0 Å².